The van der Waals surface area contributed by atoms with E-state index in [1.807, 2.05) is 0 Å². The van der Waals surface area contributed by atoms with Crippen molar-refractivity contribution in [1.29, 1.82) is 0 Å². The standard InChI is InChI=1S/C14H25N5O2/c1-4-10-5-7-14(20,8-6-10)9-16-12-17-11(15-2)18-13(19-12)21-3/h10,20H,4-9H2,1-3H3,(H2,15,16,17,18,19). The van der Waals surface area contributed by atoms with Crippen LogP contribution in [0.1, 0.15) is 39.0 Å². The molecule has 3 N–H and O–H groups in total. The quantitative estimate of drug-likeness (QED) is 0.735. The van der Waals surface area contributed by atoms with Gasteiger partial charge in [-0.3, -0.25) is 0 Å². The van der Waals surface area contributed by atoms with Gasteiger partial charge in [0.25, 0.3) is 0 Å². The van der Waals surface area contributed by atoms with E-state index in [1.54, 1.807) is 7.05 Å². The number of rotatable bonds is 6. The Morgan fingerprint density at radius 1 is 1.24 bits per heavy atom. The van der Waals surface area contributed by atoms with Crippen LogP contribution in [-0.4, -0.2) is 46.4 Å². The second-order valence-corrected chi connectivity index (χ2v) is 5.65. The Morgan fingerprint density at radius 2 is 1.90 bits per heavy atom. The van der Waals surface area contributed by atoms with Gasteiger partial charge in [-0.1, -0.05) is 13.3 Å². The molecule has 7 heteroatoms. The molecule has 1 aromatic heterocycles. The zero-order chi connectivity index (χ0) is 15.3. The normalized spacial score (nSPS) is 25.4. The number of ether oxygens (including phenoxy) is 1. The maximum Gasteiger partial charge on any atom is 0.322 e. The Labute approximate surface area is 125 Å². The molecule has 0 unspecified atom stereocenters. The van der Waals surface area contributed by atoms with Crippen LogP contribution in [0.25, 0.3) is 0 Å². The number of hydrogen-bond donors (Lipinski definition) is 3. The molecule has 118 valence electrons. The Morgan fingerprint density at radius 3 is 2.48 bits per heavy atom. The molecule has 1 fully saturated rings. The predicted octanol–water partition coefficient (Wildman–Crippen LogP) is 1.67. The van der Waals surface area contributed by atoms with Crippen molar-refractivity contribution in [3.8, 4) is 6.01 Å². The largest absolute Gasteiger partial charge is 0.467 e. The molecule has 0 aromatic carbocycles. The van der Waals surface area contributed by atoms with E-state index in [9.17, 15) is 5.11 Å². The van der Waals surface area contributed by atoms with Gasteiger partial charge in [-0.2, -0.15) is 15.0 Å². The average molecular weight is 295 g/mol. The van der Waals surface area contributed by atoms with E-state index in [2.05, 4.69) is 32.5 Å². The van der Waals surface area contributed by atoms with Crippen molar-refractivity contribution < 1.29 is 9.84 Å². The molecule has 0 bridgehead atoms. The van der Waals surface area contributed by atoms with Crippen molar-refractivity contribution in [3.63, 3.8) is 0 Å². The number of aromatic nitrogens is 3. The second kappa shape index (κ2) is 6.89. The first-order chi connectivity index (χ1) is 10.1. The zero-order valence-corrected chi connectivity index (χ0v) is 13.0. The monoisotopic (exact) mass is 295 g/mol. The number of hydrogen-bond acceptors (Lipinski definition) is 7. The minimum atomic E-state index is -0.675. The molecule has 0 amide bonds. The molecule has 1 heterocycles. The molecule has 0 atom stereocenters. The number of anilines is 2. The van der Waals surface area contributed by atoms with E-state index in [4.69, 9.17) is 4.74 Å². The van der Waals surface area contributed by atoms with E-state index in [0.717, 1.165) is 31.6 Å². The van der Waals surface area contributed by atoms with Crippen LogP contribution in [0.4, 0.5) is 11.9 Å². The first-order valence-corrected chi connectivity index (χ1v) is 7.52. The van der Waals surface area contributed by atoms with Gasteiger partial charge in [-0.25, -0.2) is 0 Å². The highest BCUT2D eigenvalue weighted by molar-refractivity contribution is 5.35. The van der Waals surface area contributed by atoms with Gasteiger partial charge in [-0.15, -0.1) is 0 Å². The third-order valence-corrected chi connectivity index (χ3v) is 4.21. The lowest BCUT2D eigenvalue weighted by Gasteiger charge is -2.35. The van der Waals surface area contributed by atoms with Gasteiger partial charge >= 0.3 is 6.01 Å². The third-order valence-electron chi connectivity index (χ3n) is 4.21. The number of nitrogens with one attached hydrogen (secondary N) is 2. The summed E-state index contributed by atoms with van der Waals surface area (Å²) in [4.78, 5) is 12.4. The summed E-state index contributed by atoms with van der Waals surface area (Å²) in [5.41, 5.74) is -0.675. The van der Waals surface area contributed by atoms with Crippen molar-refractivity contribution >= 4 is 11.9 Å². The van der Waals surface area contributed by atoms with Crippen LogP contribution in [0.3, 0.4) is 0 Å². The molecule has 0 spiro atoms. The van der Waals surface area contributed by atoms with Crippen molar-refractivity contribution in [3.05, 3.63) is 0 Å². The highest BCUT2D eigenvalue weighted by Crippen LogP contribution is 2.33. The van der Waals surface area contributed by atoms with Crippen molar-refractivity contribution in [2.75, 3.05) is 31.3 Å². The number of aliphatic hydroxyl groups is 1. The van der Waals surface area contributed by atoms with Crippen LogP contribution < -0.4 is 15.4 Å². The summed E-state index contributed by atoms with van der Waals surface area (Å²) in [5.74, 6) is 1.60. The van der Waals surface area contributed by atoms with E-state index < -0.39 is 5.60 Å². The van der Waals surface area contributed by atoms with Gasteiger partial charge < -0.3 is 20.5 Å². The Balaban J connectivity index is 1.96. The van der Waals surface area contributed by atoms with Gasteiger partial charge in [-0.05, 0) is 31.6 Å². The van der Waals surface area contributed by atoms with Crippen LogP contribution >= 0.6 is 0 Å². The van der Waals surface area contributed by atoms with Gasteiger partial charge in [0.1, 0.15) is 0 Å². The van der Waals surface area contributed by atoms with Gasteiger partial charge in [0.2, 0.25) is 11.9 Å². The summed E-state index contributed by atoms with van der Waals surface area (Å²) in [5, 5.41) is 16.6. The maximum absolute atomic E-state index is 10.6. The van der Waals surface area contributed by atoms with E-state index in [0.29, 0.717) is 18.4 Å². The summed E-state index contributed by atoms with van der Waals surface area (Å²) in [6.07, 6.45) is 4.99. The topological polar surface area (TPSA) is 92.2 Å². The van der Waals surface area contributed by atoms with Crippen LogP contribution in [0.5, 0.6) is 6.01 Å². The fourth-order valence-electron chi connectivity index (χ4n) is 2.68. The van der Waals surface area contributed by atoms with E-state index in [-0.39, 0.29) is 6.01 Å². The SMILES string of the molecule is CCC1CCC(O)(CNc2nc(NC)nc(OC)n2)CC1. The first kappa shape index (κ1) is 15.8. The van der Waals surface area contributed by atoms with Gasteiger partial charge in [0.05, 0.1) is 12.7 Å². The summed E-state index contributed by atoms with van der Waals surface area (Å²) < 4.78 is 5.04. The second-order valence-electron chi connectivity index (χ2n) is 5.65. The molecular formula is C14H25N5O2. The van der Waals surface area contributed by atoms with Crippen LogP contribution in [0, 0.1) is 5.92 Å². The van der Waals surface area contributed by atoms with Gasteiger partial charge in [0, 0.05) is 13.6 Å². The summed E-state index contributed by atoms with van der Waals surface area (Å²) in [7, 11) is 3.25. The minimum absolute atomic E-state index is 0.249. The molecule has 0 radical (unpaired) electrons. The highest BCUT2D eigenvalue weighted by Gasteiger charge is 2.32. The van der Waals surface area contributed by atoms with E-state index >= 15 is 0 Å². The van der Waals surface area contributed by atoms with Crippen LogP contribution in [0.2, 0.25) is 0 Å². The van der Waals surface area contributed by atoms with Gasteiger partial charge in [0.15, 0.2) is 0 Å². The minimum Gasteiger partial charge on any atom is -0.467 e. The molecule has 2 rings (SSSR count). The third kappa shape index (κ3) is 4.17. The molecule has 0 saturated heterocycles. The summed E-state index contributed by atoms with van der Waals surface area (Å²) in [6.45, 7) is 2.66. The predicted molar refractivity (Wildman–Crippen MR) is 81.6 cm³/mol. The Bertz CT molecular complexity index is 438. The summed E-state index contributed by atoms with van der Waals surface area (Å²) >= 11 is 0. The fourth-order valence-corrected chi connectivity index (χ4v) is 2.68. The highest BCUT2D eigenvalue weighted by atomic mass is 16.5. The average Bonchev–Trinajstić information content (AvgIpc) is 2.53. The zero-order valence-electron chi connectivity index (χ0n) is 13.0. The fraction of sp³-hybridized carbons (Fsp3) is 0.786. The summed E-state index contributed by atoms with van der Waals surface area (Å²) in [6, 6.07) is 0.249. The smallest absolute Gasteiger partial charge is 0.322 e. The molecule has 1 aliphatic carbocycles. The molecule has 0 aliphatic heterocycles. The molecule has 1 saturated carbocycles. The lowest BCUT2D eigenvalue weighted by atomic mass is 9.78. The first-order valence-electron chi connectivity index (χ1n) is 7.52. The number of methoxy groups -OCH3 is 1. The Kier molecular flexibility index (Phi) is 5.17. The Hall–Kier alpha value is -1.63. The van der Waals surface area contributed by atoms with Crippen LogP contribution in [-0.2, 0) is 0 Å². The van der Waals surface area contributed by atoms with Crippen molar-refractivity contribution in [2.24, 2.45) is 5.92 Å². The van der Waals surface area contributed by atoms with Crippen molar-refractivity contribution in [1.82, 2.24) is 15.0 Å². The lowest BCUT2D eigenvalue weighted by Crippen LogP contribution is -2.40. The number of nitrogens with zero attached hydrogens (tertiary/aromatic N) is 3. The molecule has 1 aromatic rings. The van der Waals surface area contributed by atoms with Crippen LogP contribution in [0.15, 0.2) is 0 Å². The van der Waals surface area contributed by atoms with Crippen molar-refractivity contribution in [2.45, 2.75) is 44.6 Å². The molecular weight excluding hydrogens is 270 g/mol. The molecule has 21 heavy (non-hydrogen) atoms. The lowest BCUT2D eigenvalue weighted by molar-refractivity contribution is 0.00215. The molecule has 1 aliphatic rings. The maximum atomic E-state index is 10.6. The molecule has 7 nitrogen and oxygen atoms in total. The van der Waals surface area contributed by atoms with E-state index in [1.165, 1.54) is 13.5 Å².